The van der Waals surface area contributed by atoms with Gasteiger partial charge in [0.2, 0.25) is 0 Å². The molecule has 1 N–H and O–H groups in total. The monoisotopic (exact) mass is 294 g/mol. The van der Waals surface area contributed by atoms with Crippen molar-refractivity contribution in [2.24, 2.45) is 5.92 Å². The number of hydrogen-bond donors (Lipinski definition) is 1. The fourth-order valence-electron chi connectivity index (χ4n) is 1.67. The third-order valence-electron chi connectivity index (χ3n) is 2.75. The average molecular weight is 294 g/mol. The summed E-state index contributed by atoms with van der Waals surface area (Å²) in [5.41, 5.74) is 1.32. The molecule has 19 heavy (non-hydrogen) atoms. The van der Waals surface area contributed by atoms with Crippen LogP contribution in [0.2, 0.25) is 0 Å². The number of hydrogen-bond acceptors (Lipinski definition) is 4. The third kappa shape index (κ3) is 4.79. The molecular weight excluding hydrogens is 272 g/mol. The van der Waals surface area contributed by atoms with E-state index in [1.54, 1.807) is 11.3 Å². The molecule has 2 rings (SSSR count). The lowest BCUT2D eigenvalue weighted by Gasteiger charge is -2.23. The number of nitrogens with one attached hydrogen (secondary N) is 1. The van der Waals surface area contributed by atoms with E-state index < -0.39 is 0 Å². The molecule has 1 unspecified atom stereocenters. The van der Waals surface area contributed by atoms with Gasteiger partial charge < -0.3 is 5.32 Å². The molecule has 0 bridgehead atoms. The smallest absolute Gasteiger partial charge is 0.151 e. The van der Waals surface area contributed by atoms with Gasteiger partial charge in [-0.1, -0.05) is 30.8 Å². The van der Waals surface area contributed by atoms with E-state index in [1.165, 1.54) is 9.04 Å². The fraction of sp³-hybridized carbons (Fsp3) is 0.533. The van der Waals surface area contributed by atoms with Gasteiger partial charge in [-0.25, -0.2) is 4.98 Å². The van der Waals surface area contributed by atoms with Gasteiger partial charge in [0.05, 0.1) is 10.2 Å². The number of thioether (sulfide) groups is 1. The van der Waals surface area contributed by atoms with Gasteiger partial charge in [0.1, 0.15) is 0 Å². The predicted molar refractivity (Wildman–Crippen MR) is 87.3 cm³/mol. The van der Waals surface area contributed by atoms with Gasteiger partial charge in [-0.15, -0.1) is 11.3 Å². The second kappa shape index (κ2) is 6.25. The molecule has 1 aromatic carbocycles. The molecule has 104 valence electrons. The van der Waals surface area contributed by atoms with Crippen LogP contribution < -0.4 is 5.32 Å². The minimum absolute atomic E-state index is 0.203. The topological polar surface area (TPSA) is 24.9 Å². The van der Waals surface area contributed by atoms with E-state index in [1.807, 2.05) is 17.8 Å². The predicted octanol–water partition coefficient (Wildman–Crippen LogP) is 4.41. The second-order valence-corrected chi connectivity index (χ2v) is 8.29. The molecule has 0 saturated heterocycles. The Balaban J connectivity index is 1.84. The molecule has 1 atom stereocenters. The summed E-state index contributed by atoms with van der Waals surface area (Å²) in [6.07, 6.45) is 0. The number of fused-ring (bicyclic) bond motifs is 1. The molecule has 0 aliphatic rings. The highest BCUT2D eigenvalue weighted by Gasteiger charge is 2.12. The highest BCUT2D eigenvalue weighted by molar-refractivity contribution is 8.01. The summed E-state index contributed by atoms with van der Waals surface area (Å²) in [6, 6.07) is 8.35. The molecule has 4 heteroatoms. The zero-order valence-corrected chi connectivity index (χ0v) is 13.7. The fourth-order valence-corrected chi connectivity index (χ4v) is 3.78. The van der Waals surface area contributed by atoms with Crippen LogP contribution in [-0.4, -0.2) is 22.8 Å². The van der Waals surface area contributed by atoms with E-state index in [0.29, 0.717) is 5.92 Å². The first-order chi connectivity index (χ1) is 8.94. The summed E-state index contributed by atoms with van der Waals surface area (Å²) in [4.78, 5) is 4.65. The molecule has 1 heterocycles. The van der Waals surface area contributed by atoms with E-state index >= 15 is 0 Å². The lowest BCUT2D eigenvalue weighted by Crippen LogP contribution is -2.39. The Morgan fingerprint density at radius 1 is 1.32 bits per heavy atom. The maximum absolute atomic E-state index is 4.65. The van der Waals surface area contributed by atoms with Gasteiger partial charge in [-0.05, 0) is 45.4 Å². The Hall–Kier alpha value is -0.580. The first-order valence-electron chi connectivity index (χ1n) is 6.67. The van der Waals surface area contributed by atoms with Crippen molar-refractivity contribution in [1.29, 1.82) is 0 Å². The van der Waals surface area contributed by atoms with Crippen molar-refractivity contribution in [2.45, 2.75) is 37.6 Å². The van der Waals surface area contributed by atoms with Crippen LogP contribution in [0.5, 0.6) is 0 Å². The molecular formula is C15H22N2S2. The Morgan fingerprint density at radius 2 is 2.05 bits per heavy atom. The standard InChI is InChI=1S/C15H22N2S2/c1-11(9-16-15(2,3)4)10-18-14-17-12-7-5-6-8-13(12)19-14/h5-8,11,16H,9-10H2,1-4H3. The summed E-state index contributed by atoms with van der Waals surface area (Å²) in [6.45, 7) is 9.97. The number of benzene rings is 1. The number of nitrogens with zero attached hydrogens (tertiary/aromatic N) is 1. The summed E-state index contributed by atoms with van der Waals surface area (Å²) in [5.74, 6) is 1.76. The lowest BCUT2D eigenvalue weighted by molar-refractivity contribution is 0.395. The first-order valence-corrected chi connectivity index (χ1v) is 8.48. The van der Waals surface area contributed by atoms with Crippen molar-refractivity contribution in [2.75, 3.05) is 12.3 Å². The van der Waals surface area contributed by atoms with Gasteiger partial charge in [0.15, 0.2) is 4.34 Å². The van der Waals surface area contributed by atoms with E-state index in [0.717, 1.165) is 17.8 Å². The molecule has 0 radical (unpaired) electrons. The maximum atomic E-state index is 4.65. The number of thiazole rings is 1. The van der Waals surface area contributed by atoms with Gasteiger partial charge in [0, 0.05) is 11.3 Å². The van der Waals surface area contributed by atoms with Crippen LogP contribution in [0.4, 0.5) is 0 Å². The number of aromatic nitrogens is 1. The van der Waals surface area contributed by atoms with Crippen LogP contribution in [-0.2, 0) is 0 Å². The average Bonchev–Trinajstić information content (AvgIpc) is 2.75. The van der Waals surface area contributed by atoms with Gasteiger partial charge >= 0.3 is 0 Å². The van der Waals surface area contributed by atoms with Crippen LogP contribution in [0, 0.1) is 5.92 Å². The highest BCUT2D eigenvalue weighted by Crippen LogP contribution is 2.30. The number of rotatable bonds is 5. The Labute approximate surface area is 124 Å². The van der Waals surface area contributed by atoms with E-state index in [4.69, 9.17) is 0 Å². The summed E-state index contributed by atoms with van der Waals surface area (Å²) in [7, 11) is 0. The van der Waals surface area contributed by atoms with Crippen LogP contribution in [0.1, 0.15) is 27.7 Å². The molecule has 0 saturated carbocycles. The quantitative estimate of drug-likeness (QED) is 0.827. The summed E-state index contributed by atoms with van der Waals surface area (Å²) in [5, 5.41) is 3.55. The minimum Gasteiger partial charge on any atom is -0.312 e. The largest absolute Gasteiger partial charge is 0.312 e. The van der Waals surface area contributed by atoms with Crippen molar-refractivity contribution < 1.29 is 0 Å². The molecule has 0 amide bonds. The van der Waals surface area contributed by atoms with Crippen LogP contribution >= 0.6 is 23.1 Å². The van der Waals surface area contributed by atoms with Crippen molar-refractivity contribution in [3.63, 3.8) is 0 Å². The molecule has 0 aliphatic carbocycles. The van der Waals surface area contributed by atoms with Crippen molar-refractivity contribution in [1.82, 2.24) is 10.3 Å². The number of para-hydroxylation sites is 1. The van der Waals surface area contributed by atoms with Gasteiger partial charge in [-0.3, -0.25) is 0 Å². The molecule has 1 aromatic heterocycles. The van der Waals surface area contributed by atoms with E-state index in [9.17, 15) is 0 Å². The van der Waals surface area contributed by atoms with Crippen molar-refractivity contribution in [3.8, 4) is 0 Å². The Bertz CT molecular complexity index is 495. The van der Waals surface area contributed by atoms with Crippen LogP contribution in [0.15, 0.2) is 28.6 Å². The zero-order valence-electron chi connectivity index (χ0n) is 12.1. The zero-order chi connectivity index (χ0) is 13.9. The van der Waals surface area contributed by atoms with Crippen molar-refractivity contribution in [3.05, 3.63) is 24.3 Å². The lowest BCUT2D eigenvalue weighted by atomic mass is 10.1. The van der Waals surface area contributed by atoms with Crippen molar-refractivity contribution >= 4 is 33.3 Å². The molecule has 0 spiro atoms. The van der Waals surface area contributed by atoms with Crippen LogP contribution in [0.3, 0.4) is 0 Å². The minimum atomic E-state index is 0.203. The molecule has 0 aliphatic heterocycles. The Kier molecular flexibility index (Phi) is 4.87. The highest BCUT2D eigenvalue weighted by atomic mass is 32.2. The maximum Gasteiger partial charge on any atom is 0.151 e. The molecule has 2 nitrogen and oxygen atoms in total. The SMILES string of the molecule is CC(CNC(C)(C)C)CSc1nc2ccccc2s1. The second-order valence-electron chi connectivity index (χ2n) is 5.99. The normalized spacial score (nSPS) is 13.9. The molecule has 0 fully saturated rings. The third-order valence-corrected chi connectivity index (χ3v) is 5.25. The summed E-state index contributed by atoms with van der Waals surface area (Å²) < 4.78 is 2.47. The van der Waals surface area contributed by atoms with E-state index in [2.05, 4.69) is 56.2 Å². The Morgan fingerprint density at radius 3 is 2.74 bits per heavy atom. The first kappa shape index (κ1) is 14.8. The summed E-state index contributed by atoms with van der Waals surface area (Å²) >= 11 is 3.67. The van der Waals surface area contributed by atoms with Crippen LogP contribution in [0.25, 0.3) is 10.2 Å². The van der Waals surface area contributed by atoms with E-state index in [-0.39, 0.29) is 5.54 Å². The van der Waals surface area contributed by atoms with Gasteiger partial charge in [0.25, 0.3) is 0 Å². The molecule has 2 aromatic rings. The van der Waals surface area contributed by atoms with Gasteiger partial charge in [-0.2, -0.15) is 0 Å².